The molecule has 7 nitrogen and oxygen atoms in total. The molecule has 0 radical (unpaired) electrons. The van der Waals surface area contributed by atoms with Crippen LogP contribution in [0.15, 0.2) is 72.8 Å². The number of carboxylic acids is 1. The number of nitrogens with zero attached hydrogens (tertiary/aromatic N) is 3. The van der Waals surface area contributed by atoms with Gasteiger partial charge < -0.3 is 19.1 Å². The quantitative estimate of drug-likeness (QED) is 0.216. The minimum absolute atomic E-state index is 0.0256. The highest BCUT2D eigenvalue weighted by atomic mass is 19.1. The number of hydrogen-bond donors (Lipinski definition) is 1. The Kier molecular flexibility index (Phi) is 7.67. The number of benzene rings is 3. The number of hydrogen-bond acceptors (Lipinski definition) is 5. The highest BCUT2D eigenvalue weighted by Crippen LogP contribution is 2.27. The van der Waals surface area contributed by atoms with Crippen LogP contribution in [0.2, 0.25) is 0 Å². The lowest BCUT2D eigenvalue weighted by Gasteiger charge is -2.14. The highest BCUT2D eigenvalue weighted by Gasteiger charge is 2.21. The van der Waals surface area contributed by atoms with Gasteiger partial charge in [-0.2, -0.15) is 0 Å². The second kappa shape index (κ2) is 11.7. The predicted molar refractivity (Wildman–Crippen MR) is 154 cm³/mol. The Morgan fingerprint density at radius 2 is 1.86 bits per heavy atom. The van der Waals surface area contributed by atoms with Crippen molar-refractivity contribution in [1.29, 1.82) is 0 Å². The zero-order valence-corrected chi connectivity index (χ0v) is 23.0. The zero-order valence-electron chi connectivity index (χ0n) is 23.0. The number of halogens is 2. The second-order valence-electron chi connectivity index (χ2n) is 10.6. The molecule has 1 saturated heterocycles. The maximum Gasteiger partial charge on any atom is 0.335 e. The first-order chi connectivity index (χ1) is 20.3. The Morgan fingerprint density at radius 3 is 2.62 bits per heavy atom. The third-order valence-electron chi connectivity index (χ3n) is 7.54. The molecule has 1 aliphatic rings. The third-order valence-corrected chi connectivity index (χ3v) is 7.54. The van der Waals surface area contributed by atoms with Crippen LogP contribution in [0.25, 0.3) is 22.3 Å². The van der Waals surface area contributed by atoms with Crippen molar-refractivity contribution >= 4 is 17.0 Å². The molecule has 6 rings (SSSR count). The summed E-state index contributed by atoms with van der Waals surface area (Å²) in [4.78, 5) is 20.9. The molecule has 1 aliphatic heterocycles. The van der Waals surface area contributed by atoms with E-state index in [0.29, 0.717) is 64.9 Å². The van der Waals surface area contributed by atoms with E-state index < -0.39 is 11.8 Å². The van der Waals surface area contributed by atoms with Gasteiger partial charge in [-0.1, -0.05) is 30.3 Å². The SMILES string of the molecule is Cc1ccc(COc2cccc(-c3ccc(Cc4nc5ccc(C(=O)O)cc5n4C[C@@H]4CCOC4)c(F)c3)n2)c(F)c1. The molecule has 1 atom stereocenters. The fraction of sp³-hybridized carbons (Fsp3) is 0.242. The van der Waals surface area contributed by atoms with Gasteiger partial charge in [0.25, 0.3) is 0 Å². The van der Waals surface area contributed by atoms with E-state index in [1.54, 1.807) is 48.5 Å². The number of aromatic carboxylic acids is 1. The molecule has 3 aromatic carbocycles. The molecule has 0 bridgehead atoms. The summed E-state index contributed by atoms with van der Waals surface area (Å²) < 4.78 is 43.0. The lowest BCUT2D eigenvalue weighted by Crippen LogP contribution is -2.14. The number of imidazole rings is 1. The first kappa shape index (κ1) is 27.5. The number of aromatic nitrogens is 3. The number of carbonyl (C=O) groups is 1. The Balaban J connectivity index is 1.24. The standard InChI is InChI=1S/C33H29F2N3O4/c1-20-5-6-25(26(34)13-20)19-42-32-4-2-3-28(37-32)23-8-7-22(27(35)14-23)16-31-36-29-10-9-24(33(39)40)15-30(29)38(31)17-21-11-12-41-18-21/h2-10,13-15,21H,11-12,16-19H2,1H3,(H,39,40)/t21-/m0/s1. The molecule has 0 spiro atoms. The molecular weight excluding hydrogens is 540 g/mol. The van der Waals surface area contributed by atoms with Crippen LogP contribution in [0.4, 0.5) is 8.78 Å². The van der Waals surface area contributed by atoms with Crippen LogP contribution in [0.1, 0.15) is 39.3 Å². The number of aryl methyl sites for hydroxylation is 1. The van der Waals surface area contributed by atoms with Gasteiger partial charge in [0, 0.05) is 42.7 Å². The molecule has 5 aromatic rings. The van der Waals surface area contributed by atoms with Crippen LogP contribution < -0.4 is 4.74 Å². The maximum atomic E-state index is 15.5. The highest BCUT2D eigenvalue weighted by molar-refractivity contribution is 5.92. The topological polar surface area (TPSA) is 86.5 Å². The lowest BCUT2D eigenvalue weighted by atomic mass is 10.0. The average molecular weight is 570 g/mol. The Labute approximate surface area is 241 Å². The number of ether oxygens (including phenoxy) is 2. The van der Waals surface area contributed by atoms with Gasteiger partial charge >= 0.3 is 5.97 Å². The first-order valence-electron chi connectivity index (χ1n) is 13.8. The van der Waals surface area contributed by atoms with Crippen molar-refractivity contribution < 1.29 is 28.2 Å². The lowest BCUT2D eigenvalue weighted by molar-refractivity contribution is 0.0697. The molecule has 9 heteroatoms. The summed E-state index contributed by atoms with van der Waals surface area (Å²) in [5, 5.41) is 9.51. The number of rotatable bonds is 9. The average Bonchev–Trinajstić information content (AvgIpc) is 3.61. The summed E-state index contributed by atoms with van der Waals surface area (Å²) in [6, 6.07) is 19.9. The third kappa shape index (κ3) is 5.87. The summed E-state index contributed by atoms with van der Waals surface area (Å²) in [5.74, 6) is -0.523. The maximum absolute atomic E-state index is 15.5. The minimum atomic E-state index is -1.01. The number of fused-ring (bicyclic) bond motifs is 1. The van der Waals surface area contributed by atoms with E-state index in [1.165, 1.54) is 18.2 Å². The van der Waals surface area contributed by atoms with Crippen LogP contribution in [0.3, 0.4) is 0 Å². The van der Waals surface area contributed by atoms with Gasteiger partial charge in [0.15, 0.2) is 0 Å². The molecule has 2 aromatic heterocycles. The van der Waals surface area contributed by atoms with E-state index in [1.807, 2.05) is 17.6 Å². The summed E-state index contributed by atoms with van der Waals surface area (Å²) in [7, 11) is 0. The molecule has 42 heavy (non-hydrogen) atoms. The van der Waals surface area contributed by atoms with Gasteiger partial charge in [-0.15, -0.1) is 0 Å². The Hall–Kier alpha value is -4.63. The van der Waals surface area contributed by atoms with Crippen molar-refractivity contribution in [1.82, 2.24) is 14.5 Å². The van der Waals surface area contributed by atoms with Crippen LogP contribution in [-0.4, -0.2) is 38.8 Å². The smallest absolute Gasteiger partial charge is 0.335 e. The van der Waals surface area contributed by atoms with E-state index in [9.17, 15) is 14.3 Å². The van der Waals surface area contributed by atoms with Crippen molar-refractivity contribution in [2.45, 2.75) is 32.9 Å². The van der Waals surface area contributed by atoms with Crippen molar-refractivity contribution in [3.05, 3.63) is 113 Å². The second-order valence-corrected chi connectivity index (χ2v) is 10.6. The summed E-state index contributed by atoms with van der Waals surface area (Å²) in [5.41, 5.74) is 4.36. The van der Waals surface area contributed by atoms with Crippen LogP contribution in [0.5, 0.6) is 5.88 Å². The fourth-order valence-electron chi connectivity index (χ4n) is 5.23. The van der Waals surface area contributed by atoms with Crippen LogP contribution in [0, 0.1) is 24.5 Å². The van der Waals surface area contributed by atoms with Crippen LogP contribution in [-0.2, 0) is 24.3 Å². The first-order valence-corrected chi connectivity index (χ1v) is 13.8. The van der Waals surface area contributed by atoms with Gasteiger partial charge in [-0.3, -0.25) is 0 Å². The van der Waals surface area contributed by atoms with Gasteiger partial charge in [0.2, 0.25) is 5.88 Å². The van der Waals surface area contributed by atoms with E-state index >= 15 is 4.39 Å². The number of carboxylic acid groups (broad SMARTS) is 1. The summed E-state index contributed by atoms with van der Waals surface area (Å²) in [6.07, 6.45) is 1.13. The van der Waals surface area contributed by atoms with Crippen molar-refractivity contribution in [3.63, 3.8) is 0 Å². The molecular formula is C33H29F2N3O4. The molecule has 3 heterocycles. The normalized spacial score (nSPS) is 14.9. The largest absolute Gasteiger partial charge is 0.478 e. The molecule has 0 unspecified atom stereocenters. The Morgan fingerprint density at radius 1 is 1.02 bits per heavy atom. The predicted octanol–water partition coefficient (Wildman–Crippen LogP) is 6.59. The van der Waals surface area contributed by atoms with Crippen molar-refractivity contribution in [2.24, 2.45) is 5.92 Å². The van der Waals surface area contributed by atoms with E-state index in [4.69, 9.17) is 14.5 Å². The molecule has 0 saturated carbocycles. The fourth-order valence-corrected chi connectivity index (χ4v) is 5.23. The van der Waals surface area contributed by atoms with Gasteiger partial charge in [-0.25, -0.2) is 23.5 Å². The summed E-state index contributed by atoms with van der Waals surface area (Å²) in [6.45, 7) is 3.76. The van der Waals surface area contributed by atoms with Gasteiger partial charge in [0.05, 0.1) is 28.9 Å². The minimum Gasteiger partial charge on any atom is -0.478 e. The molecule has 1 N–H and O–H groups in total. The monoisotopic (exact) mass is 569 g/mol. The molecule has 0 aliphatic carbocycles. The molecule has 1 fully saturated rings. The molecule has 214 valence electrons. The summed E-state index contributed by atoms with van der Waals surface area (Å²) >= 11 is 0. The number of pyridine rings is 1. The molecule has 0 amide bonds. The van der Waals surface area contributed by atoms with Gasteiger partial charge in [-0.05, 0) is 60.9 Å². The van der Waals surface area contributed by atoms with Crippen molar-refractivity contribution in [2.75, 3.05) is 13.2 Å². The zero-order chi connectivity index (χ0) is 29.2. The Bertz CT molecular complexity index is 1780. The van der Waals surface area contributed by atoms with E-state index in [-0.39, 0.29) is 30.3 Å². The van der Waals surface area contributed by atoms with Crippen LogP contribution >= 0.6 is 0 Å². The van der Waals surface area contributed by atoms with E-state index in [0.717, 1.165) is 12.0 Å². The van der Waals surface area contributed by atoms with Gasteiger partial charge in [0.1, 0.15) is 24.1 Å². The van der Waals surface area contributed by atoms with Crippen molar-refractivity contribution in [3.8, 4) is 17.1 Å². The van der Waals surface area contributed by atoms with E-state index in [2.05, 4.69) is 4.98 Å².